The normalized spacial score (nSPS) is 21.1. The van der Waals surface area contributed by atoms with E-state index in [-0.39, 0.29) is 33.5 Å². The molecule has 0 radical (unpaired) electrons. The monoisotopic (exact) mass is 1950 g/mol. The molecule has 0 aliphatic carbocycles. The van der Waals surface area contributed by atoms with Crippen molar-refractivity contribution in [2.45, 2.75) is 267 Å². The van der Waals surface area contributed by atoms with E-state index in [1.54, 1.807) is 100 Å². The predicted molar refractivity (Wildman–Crippen MR) is 475 cm³/mol. The van der Waals surface area contributed by atoms with Crippen LogP contribution in [0.15, 0.2) is 262 Å². The van der Waals surface area contributed by atoms with Gasteiger partial charge in [-0.05, 0) is 246 Å². The van der Waals surface area contributed by atoms with Gasteiger partial charge in [0, 0.05) is 34.9 Å². The van der Waals surface area contributed by atoms with Gasteiger partial charge in [-0.25, -0.2) is 34.0 Å². The second-order valence-electron chi connectivity index (χ2n) is 36.3. The summed E-state index contributed by atoms with van der Waals surface area (Å²) in [6, 6.07) is 65.5. The summed E-state index contributed by atoms with van der Waals surface area (Å²) in [5.41, 5.74) is 2.91. The molecular weight excluding hydrogens is 1840 g/mol. The largest absolute Gasteiger partial charge is 0.743 e. The lowest BCUT2D eigenvalue weighted by Crippen LogP contribution is -2.54. The maximum atomic E-state index is 14.5. The lowest BCUT2D eigenvalue weighted by molar-refractivity contribution is -0.368. The van der Waals surface area contributed by atoms with Crippen LogP contribution in [0.5, 0.6) is 17.2 Å². The van der Waals surface area contributed by atoms with Crippen molar-refractivity contribution in [3.63, 3.8) is 0 Å². The number of ether oxygens (including phenoxy) is 9. The molecule has 131 heavy (non-hydrogen) atoms. The molecule has 9 aromatic carbocycles. The molecule has 3 heterocycles. The third-order valence-electron chi connectivity index (χ3n) is 22.4. The van der Waals surface area contributed by atoms with Crippen molar-refractivity contribution in [2.24, 2.45) is 11.3 Å². The summed E-state index contributed by atoms with van der Waals surface area (Å²) in [6.07, 6.45) is -10.6. The van der Waals surface area contributed by atoms with Crippen molar-refractivity contribution in [1.82, 2.24) is 0 Å². The smallest absolute Gasteiger partial charge is 0.398 e. The molecule has 714 valence electrons. The standard InChI is InChI=1S/C33H38F4O6S2.C32H35F5O6S2.C31H36F2O6S2/c1-21(2)29-32(34,35)20-41-31(7,43-29)24-13-17-27(18-14-24)44(26-15-11-23(12-16-26)30(4,5)6)28-10-8-9-25(19-28)42-22(3)33(36,37)45(38,39)40;1-21(31(33,34)45(38,39)40)43-24-8-7-9-27(18-24)44(25-14-10-22(11-15-25)28(2,3)4)26-16-12-23(13-17-26)30(6)41-19-29(5,20-42-30)32(35,36)37;1-22(31(32,33)41(34,35)36)39-25-9-8-10-28(21-25)40(26-15-11-23(12-16-26)29(2,3)4)27-17-13-24(14-18-27)30(5)37-19-6-7-20-38-30/h8-19,21-22,29H,20H2,1-7H3;7-18,21H,19-20H2,1-6H3;8-18,21-22H,6-7,19-20H2,1-5H3. The fourth-order valence-corrected chi connectivity index (χ4v) is 21.6. The van der Waals surface area contributed by atoms with Crippen LogP contribution in [0.3, 0.4) is 0 Å². The highest BCUT2D eigenvalue weighted by Crippen LogP contribution is 2.49. The molecule has 35 heteroatoms. The maximum absolute atomic E-state index is 14.5. The highest BCUT2D eigenvalue weighted by Gasteiger charge is 2.58. The van der Waals surface area contributed by atoms with Gasteiger partial charge >= 0.3 is 21.9 Å². The molecular formula is C96H109F11O18S6. The zero-order valence-electron chi connectivity index (χ0n) is 75.6. The van der Waals surface area contributed by atoms with Crippen molar-refractivity contribution >= 4 is 63.0 Å². The molecule has 0 amide bonds. The summed E-state index contributed by atoms with van der Waals surface area (Å²) in [4.78, 5) is 7.39. The average Bonchev–Trinajstić information content (AvgIpc) is 0.892. The van der Waals surface area contributed by atoms with Crippen LogP contribution in [-0.4, -0.2) is 124 Å². The Kier molecular flexibility index (Phi) is 32.0. The zero-order chi connectivity index (χ0) is 97.3. The van der Waals surface area contributed by atoms with Crippen LogP contribution in [0.2, 0.25) is 0 Å². The number of hydrogen-bond donors (Lipinski definition) is 0. The molecule has 3 aliphatic rings. The van der Waals surface area contributed by atoms with Gasteiger partial charge in [-0.15, -0.1) is 0 Å². The van der Waals surface area contributed by atoms with Gasteiger partial charge in [-0.1, -0.05) is 131 Å². The minimum absolute atomic E-state index is 0.0338. The molecule has 0 spiro atoms. The van der Waals surface area contributed by atoms with Gasteiger partial charge in [-0.2, -0.15) is 39.5 Å². The molecule has 0 aromatic heterocycles. The van der Waals surface area contributed by atoms with E-state index >= 15 is 0 Å². The van der Waals surface area contributed by atoms with Crippen molar-refractivity contribution in [1.29, 1.82) is 0 Å². The molecule has 12 rings (SSSR count). The topological polar surface area (TPSA) is 255 Å². The summed E-state index contributed by atoms with van der Waals surface area (Å²) in [5.74, 6) is -7.31. The summed E-state index contributed by atoms with van der Waals surface area (Å²) < 4.78 is 305. The fourth-order valence-electron chi connectivity index (χ4n) is 14.0. The molecule has 8 atom stereocenters. The van der Waals surface area contributed by atoms with Gasteiger partial charge < -0.3 is 56.3 Å². The third-order valence-corrected chi connectivity index (χ3v) is 32.1. The van der Waals surface area contributed by atoms with E-state index in [0.717, 1.165) is 91.5 Å². The van der Waals surface area contributed by atoms with Crippen molar-refractivity contribution in [3.8, 4) is 17.2 Å². The fraction of sp³-hybridized carbons (Fsp3) is 0.438. The Bertz CT molecular complexity index is 5730. The first kappa shape index (κ1) is 105. The lowest BCUT2D eigenvalue weighted by Gasteiger charge is -2.44. The first-order chi connectivity index (χ1) is 60.3. The van der Waals surface area contributed by atoms with Gasteiger partial charge in [-0.3, -0.25) is 0 Å². The van der Waals surface area contributed by atoms with Crippen molar-refractivity contribution in [2.75, 3.05) is 33.0 Å². The second-order valence-corrected chi connectivity index (χ2v) is 46.7. The summed E-state index contributed by atoms with van der Waals surface area (Å²) >= 11 is 0. The summed E-state index contributed by atoms with van der Waals surface area (Å²) in [7, 11) is -20.1. The molecule has 3 fully saturated rings. The molecule has 3 aliphatic heterocycles. The van der Waals surface area contributed by atoms with E-state index in [0.29, 0.717) is 34.1 Å². The molecule has 0 bridgehead atoms. The van der Waals surface area contributed by atoms with Crippen LogP contribution in [0.25, 0.3) is 0 Å². The van der Waals surface area contributed by atoms with E-state index in [2.05, 4.69) is 86.6 Å². The second kappa shape index (κ2) is 39.8. The minimum atomic E-state index is -5.97. The van der Waals surface area contributed by atoms with Crippen molar-refractivity contribution in [3.05, 3.63) is 252 Å². The predicted octanol–water partition coefficient (Wildman–Crippen LogP) is 22.6. The SMILES string of the molecule is CC(C)C1OC(C)(c2ccc([S+](c3ccc(C(C)(C)C)cc3)c3cccc(OC(C)C(F)(F)S(=O)(=O)[O-])c3)cc2)OCC1(F)F.CC(Oc1cccc([S+](c2ccc(C(C)(C)C)cc2)c2ccc(C3(C)OCC(C)(C(F)(F)F)CO3)cc2)c1)C(F)(F)S(=O)(=O)[O-].CC(Oc1cccc([S+](c2ccc(C(C)(C)C)cc2)c2ccc(C3(C)OCCCCO3)cc2)c1)C(F)(F)S(=O)(=O)[O-]. The Morgan fingerprint density at radius 3 is 0.840 bits per heavy atom. The lowest BCUT2D eigenvalue weighted by atomic mass is 9.87. The molecule has 3 saturated heterocycles. The van der Waals surface area contributed by atoms with Gasteiger partial charge in [0.25, 0.3) is 5.92 Å². The first-order valence-corrected chi connectivity index (χ1v) is 49.7. The quantitative estimate of drug-likeness (QED) is 0.0293. The van der Waals surface area contributed by atoms with E-state index in [1.165, 1.54) is 35.9 Å². The number of halogens is 11. The minimum Gasteiger partial charge on any atom is -0.743 e. The first-order valence-electron chi connectivity index (χ1n) is 41.8. The molecule has 9 aromatic rings. The Hall–Kier alpha value is -7.85. The van der Waals surface area contributed by atoms with Gasteiger partial charge in [0.1, 0.15) is 35.4 Å². The molecule has 0 saturated carbocycles. The number of benzene rings is 9. The van der Waals surface area contributed by atoms with Gasteiger partial charge in [0.2, 0.25) is 0 Å². The Morgan fingerprint density at radius 2 is 0.595 bits per heavy atom. The van der Waals surface area contributed by atoms with Crippen LogP contribution in [0.1, 0.15) is 171 Å². The van der Waals surface area contributed by atoms with Crippen LogP contribution >= 0.6 is 0 Å². The maximum Gasteiger partial charge on any atom is 0.398 e. The molecule has 8 unspecified atom stereocenters. The van der Waals surface area contributed by atoms with E-state index in [4.69, 9.17) is 42.6 Å². The van der Waals surface area contributed by atoms with Gasteiger partial charge in [0.05, 0.1) is 59.1 Å². The van der Waals surface area contributed by atoms with E-state index in [9.17, 15) is 87.2 Å². The Labute approximate surface area is 768 Å². The Balaban J connectivity index is 0.000000204. The average molecular weight is 1950 g/mol. The van der Waals surface area contributed by atoms with E-state index < -0.39 is 164 Å². The van der Waals surface area contributed by atoms with Gasteiger partial charge in [0.15, 0.2) is 110 Å². The zero-order valence-corrected chi connectivity index (χ0v) is 80.5. The number of hydrogen-bond acceptors (Lipinski definition) is 18. The number of rotatable bonds is 25. The third kappa shape index (κ3) is 24.7. The number of alkyl halides is 11. The van der Waals surface area contributed by atoms with Crippen molar-refractivity contribution < 1.29 is 130 Å². The van der Waals surface area contributed by atoms with Crippen LogP contribution in [0, 0.1) is 11.3 Å². The molecule has 18 nitrogen and oxygen atoms in total. The van der Waals surface area contributed by atoms with Crippen LogP contribution in [-0.2, 0) is 125 Å². The molecule has 0 N–H and O–H groups in total. The summed E-state index contributed by atoms with van der Waals surface area (Å²) in [5, 5.41) is -13.9. The van der Waals surface area contributed by atoms with E-state index in [1.807, 2.05) is 97.9 Å². The van der Waals surface area contributed by atoms with Crippen LogP contribution < -0.4 is 14.2 Å². The Morgan fingerprint density at radius 1 is 0.351 bits per heavy atom. The summed E-state index contributed by atoms with van der Waals surface area (Å²) in [6.45, 7) is 30.2. The highest BCUT2D eigenvalue weighted by molar-refractivity contribution is 7.97. The van der Waals surface area contributed by atoms with Crippen LogP contribution in [0.4, 0.5) is 48.3 Å². The highest BCUT2D eigenvalue weighted by atomic mass is 32.2.